The number of imide groups is 1. The fraction of sp³-hybridized carbons (Fsp3) is 0.450. The molecule has 1 aromatic rings. The number of benzene rings is 1. The molecule has 2 amide bonds. The van der Waals surface area contributed by atoms with Gasteiger partial charge in [0.15, 0.2) is 0 Å². The number of hydrogen-bond donors (Lipinski definition) is 1. The minimum Gasteiger partial charge on any atom is -0.480 e. The summed E-state index contributed by atoms with van der Waals surface area (Å²) in [5.74, 6) is -1.08. The van der Waals surface area contributed by atoms with E-state index in [4.69, 9.17) is 0 Å². The third kappa shape index (κ3) is 1.98. The quantitative estimate of drug-likeness (QED) is 0.671. The second-order valence-electron chi connectivity index (χ2n) is 7.74. The number of likely N-dealkylation sites (tertiary alicyclic amines) is 1. The fourth-order valence-corrected chi connectivity index (χ4v) is 5.41. The summed E-state index contributed by atoms with van der Waals surface area (Å²) in [4.78, 5) is 39.0. The lowest BCUT2D eigenvalue weighted by Crippen LogP contribution is -2.47. The Morgan fingerprint density at radius 2 is 1.60 bits per heavy atom. The van der Waals surface area contributed by atoms with E-state index in [9.17, 15) is 19.5 Å². The van der Waals surface area contributed by atoms with Gasteiger partial charge in [-0.2, -0.15) is 0 Å². The number of nitrogens with zero attached hydrogens (tertiary/aromatic N) is 1. The Hall–Kier alpha value is -2.43. The summed E-state index contributed by atoms with van der Waals surface area (Å²) in [5.41, 5.74) is 0.814. The van der Waals surface area contributed by atoms with Crippen molar-refractivity contribution in [3.8, 4) is 0 Å². The second kappa shape index (κ2) is 5.04. The maximum absolute atomic E-state index is 13.0. The summed E-state index contributed by atoms with van der Waals surface area (Å²) < 4.78 is 0. The predicted octanol–water partition coefficient (Wildman–Crippen LogP) is 1.74. The van der Waals surface area contributed by atoms with Crippen molar-refractivity contribution >= 4 is 17.8 Å². The molecule has 5 aliphatic rings. The number of hydrogen-bond acceptors (Lipinski definition) is 3. The van der Waals surface area contributed by atoms with Gasteiger partial charge in [0, 0.05) is 6.42 Å². The molecule has 7 atom stereocenters. The van der Waals surface area contributed by atoms with Crippen LogP contribution in [0.1, 0.15) is 12.0 Å². The van der Waals surface area contributed by atoms with E-state index in [1.54, 1.807) is 0 Å². The van der Waals surface area contributed by atoms with Crippen LogP contribution in [0.15, 0.2) is 42.5 Å². The van der Waals surface area contributed by atoms with Crippen LogP contribution in [0.4, 0.5) is 0 Å². The SMILES string of the molecule is O=C(O)[C@@H](Cc1ccccc1)N1C(=O)[C@@H]2[C@@H]3C=C[C@H]([C@H]4C[C@H]34)[C@@H]2C1=O. The molecule has 0 spiro atoms. The van der Waals surface area contributed by atoms with E-state index in [-0.39, 0.29) is 41.9 Å². The molecule has 1 saturated heterocycles. The maximum Gasteiger partial charge on any atom is 0.327 e. The zero-order valence-corrected chi connectivity index (χ0v) is 13.6. The van der Waals surface area contributed by atoms with Crippen LogP contribution in [0.3, 0.4) is 0 Å². The first-order chi connectivity index (χ1) is 12.1. The van der Waals surface area contributed by atoms with Crippen molar-refractivity contribution in [2.75, 3.05) is 0 Å². The van der Waals surface area contributed by atoms with Gasteiger partial charge in [-0.1, -0.05) is 42.5 Å². The van der Waals surface area contributed by atoms with Gasteiger partial charge in [-0.15, -0.1) is 0 Å². The van der Waals surface area contributed by atoms with Crippen LogP contribution in [0.25, 0.3) is 0 Å². The summed E-state index contributed by atoms with van der Waals surface area (Å²) in [6, 6.07) is 8.06. The average molecular weight is 337 g/mol. The molecule has 5 nitrogen and oxygen atoms in total. The number of carbonyl (C=O) groups excluding carboxylic acids is 2. The van der Waals surface area contributed by atoms with Crippen LogP contribution in [0.5, 0.6) is 0 Å². The van der Waals surface area contributed by atoms with E-state index in [1.165, 1.54) is 0 Å². The van der Waals surface area contributed by atoms with Crippen molar-refractivity contribution in [1.29, 1.82) is 0 Å². The summed E-state index contributed by atoms with van der Waals surface area (Å²) in [6.07, 6.45) is 5.45. The number of rotatable bonds is 4. The van der Waals surface area contributed by atoms with E-state index >= 15 is 0 Å². The highest BCUT2D eigenvalue weighted by Gasteiger charge is 2.67. The first-order valence-electron chi connectivity index (χ1n) is 8.90. The van der Waals surface area contributed by atoms with Gasteiger partial charge in [0.25, 0.3) is 0 Å². The van der Waals surface area contributed by atoms with Crippen molar-refractivity contribution in [2.45, 2.75) is 18.9 Å². The molecule has 1 N–H and O–H groups in total. The highest BCUT2D eigenvalue weighted by molar-refractivity contribution is 6.08. The lowest BCUT2D eigenvalue weighted by atomic mass is 9.63. The molecule has 25 heavy (non-hydrogen) atoms. The molecule has 0 unspecified atom stereocenters. The normalized spacial score (nSPS) is 38.5. The first kappa shape index (κ1) is 14.9. The molecule has 0 radical (unpaired) electrons. The molecular weight excluding hydrogens is 318 g/mol. The van der Waals surface area contributed by atoms with Gasteiger partial charge in [0.1, 0.15) is 6.04 Å². The Bertz CT molecular complexity index is 765. The number of carboxylic acid groups (broad SMARTS) is 1. The lowest BCUT2D eigenvalue weighted by molar-refractivity contribution is -0.155. The molecule has 1 aliphatic heterocycles. The van der Waals surface area contributed by atoms with Crippen LogP contribution in [0, 0.1) is 35.5 Å². The van der Waals surface area contributed by atoms with E-state index in [0.29, 0.717) is 11.8 Å². The zero-order chi connectivity index (χ0) is 17.3. The first-order valence-corrected chi connectivity index (χ1v) is 8.90. The largest absolute Gasteiger partial charge is 0.480 e. The van der Waals surface area contributed by atoms with Gasteiger partial charge in [-0.25, -0.2) is 4.79 Å². The van der Waals surface area contributed by atoms with Crippen molar-refractivity contribution in [2.24, 2.45) is 35.5 Å². The minimum absolute atomic E-state index is 0.118. The fourth-order valence-electron chi connectivity index (χ4n) is 5.41. The van der Waals surface area contributed by atoms with Gasteiger partial charge in [-0.05, 0) is 35.7 Å². The number of carbonyl (C=O) groups is 3. The lowest BCUT2D eigenvalue weighted by Gasteiger charge is -2.37. The van der Waals surface area contributed by atoms with E-state index < -0.39 is 12.0 Å². The highest BCUT2D eigenvalue weighted by atomic mass is 16.4. The average Bonchev–Trinajstić information content (AvgIpc) is 3.39. The van der Waals surface area contributed by atoms with E-state index in [1.807, 2.05) is 30.3 Å². The van der Waals surface area contributed by atoms with Crippen LogP contribution in [-0.2, 0) is 20.8 Å². The summed E-state index contributed by atoms with van der Waals surface area (Å²) >= 11 is 0. The van der Waals surface area contributed by atoms with Gasteiger partial charge >= 0.3 is 5.97 Å². The van der Waals surface area contributed by atoms with Crippen molar-refractivity contribution in [1.82, 2.24) is 4.90 Å². The molecular formula is C20H19NO4. The molecule has 2 bridgehead atoms. The second-order valence-corrected chi connectivity index (χ2v) is 7.74. The Balaban J connectivity index is 1.48. The molecule has 1 aromatic carbocycles. The van der Waals surface area contributed by atoms with Crippen LogP contribution in [0.2, 0.25) is 0 Å². The molecule has 6 rings (SSSR count). The molecule has 4 aliphatic carbocycles. The van der Waals surface area contributed by atoms with Crippen molar-refractivity contribution < 1.29 is 19.5 Å². The van der Waals surface area contributed by atoms with Crippen LogP contribution >= 0.6 is 0 Å². The third-order valence-corrected chi connectivity index (χ3v) is 6.57. The van der Waals surface area contributed by atoms with Crippen LogP contribution < -0.4 is 0 Å². The van der Waals surface area contributed by atoms with Gasteiger partial charge in [0.2, 0.25) is 11.8 Å². The smallest absolute Gasteiger partial charge is 0.327 e. The molecule has 2 saturated carbocycles. The number of aliphatic carboxylic acids is 1. The summed E-state index contributed by atoms with van der Waals surface area (Å²) in [7, 11) is 0. The summed E-state index contributed by atoms with van der Waals surface area (Å²) in [6.45, 7) is 0. The monoisotopic (exact) mass is 337 g/mol. The minimum atomic E-state index is -1.12. The number of allylic oxidation sites excluding steroid dienone is 2. The highest BCUT2D eigenvalue weighted by Crippen LogP contribution is 2.65. The molecule has 3 fully saturated rings. The predicted molar refractivity (Wildman–Crippen MR) is 88.1 cm³/mol. The van der Waals surface area contributed by atoms with Gasteiger partial charge < -0.3 is 5.11 Å². The van der Waals surface area contributed by atoms with Crippen LogP contribution in [-0.4, -0.2) is 33.8 Å². The van der Waals surface area contributed by atoms with E-state index in [0.717, 1.165) is 16.9 Å². The molecule has 128 valence electrons. The van der Waals surface area contributed by atoms with Gasteiger partial charge in [0.05, 0.1) is 11.8 Å². The summed E-state index contributed by atoms with van der Waals surface area (Å²) in [5, 5.41) is 9.71. The zero-order valence-electron chi connectivity index (χ0n) is 13.6. The topological polar surface area (TPSA) is 74.7 Å². The Morgan fingerprint density at radius 3 is 2.12 bits per heavy atom. The Kier molecular flexibility index (Phi) is 3.00. The third-order valence-electron chi connectivity index (χ3n) is 6.57. The van der Waals surface area contributed by atoms with E-state index in [2.05, 4.69) is 12.2 Å². The molecule has 1 heterocycles. The molecule has 0 aromatic heterocycles. The van der Waals surface area contributed by atoms with Gasteiger partial charge in [-0.3, -0.25) is 14.5 Å². The number of amides is 2. The standard InChI is InChI=1S/C20H19NO4/c22-18-16-11-6-7-12(14-9-13(11)14)17(16)19(23)21(18)15(20(24)25)8-10-4-2-1-3-5-10/h1-7,11-17H,8-9H2,(H,24,25)/t11-,12-,13-,14-,15-,16-,17+/m1/s1. The van der Waals surface area contributed by atoms with Crippen molar-refractivity contribution in [3.63, 3.8) is 0 Å². The van der Waals surface area contributed by atoms with Crippen molar-refractivity contribution in [3.05, 3.63) is 48.0 Å². The Labute approximate surface area is 145 Å². The molecule has 5 heteroatoms. The number of carboxylic acids is 1. The maximum atomic E-state index is 13.0. The Morgan fingerprint density at radius 1 is 1.04 bits per heavy atom.